The number of hydrogen-bond acceptors (Lipinski definition) is 5. The molecular formula is C14H11BrClN3O3. The lowest BCUT2D eigenvalue weighted by atomic mass is 10.2. The molecule has 0 aliphatic carbocycles. The average molecular weight is 385 g/mol. The molecule has 0 unspecified atom stereocenters. The van der Waals surface area contributed by atoms with E-state index in [-0.39, 0.29) is 12.4 Å². The van der Waals surface area contributed by atoms with Crippen LogP contribution in [0.3, 0.4) is 0 Å². The fourth-order valence-electron chi connectivity index (χ4n) is 2.01. The lowest BCUT2D eigenvalue weighted by Gasteiger charge is -2.09. The summed E-state index contributed by atoms with van der Waals surface area (Å²) in [4.78, 5) is 15.2. The highest BCUT2D eigenvalue weighted by molar-refractivity contribution is 9.10. The Labute approximate surface area is 139 Å². The summed E-state index contributed by atoms with van der Waals surface area (Å²) in [6, 6.07) is 5.28. The number of rotatable bonds is 4. The number of nitrogens with two attached hydrogens (primary N) is 1. The minimum Gasteiger partial charge on any atom is -0.454 e. The van der Waals surface area contributed by atoms with E-state index in [1.807, 2.05) is 12.1 Å². The monoisotopic (exact) mass is 383 g/mol. The zero-order valence-corrected chi connectivity index (χ0v) is 13.6. The number of fused-ring (bicyclic) bond motifs is 1. The van der Waals surface area contributed by atoms with E-state index < -0.39 is 5.91 Å². The maximum atomic E-state index is 11.1. The molecule has 8 heteroatoms. The van der Waals surface area contributed by atoms with Crippen molar-refractivity contribution in [3.05, 3.63) is 45.0 Å². The Morgan fingerprint density at radius 3 is 2.95 bits per heavy atom. The Hall–Kier alpha value is -1.99. The molecular weight excluding hydrogens is 374 g/mol. The molecule has 6 nitrogen and oxygen atoms in total. The van der Waals surface area contributed by atoms with Crippen molar-refractivity contribution < 1.29 is 14.3 Å². The fraction of sp³-hybridized carbons (Fsp3) is 0.143. The van der Waals surface area contributed by atoms with Crippen LogP contribution in [0.4, 0.5) is 5.82 Å². The van der Waals surface area contributed by atoms with E-state index in [9.17, 15) is 4.79 Å². The number of hydrogen-bond donors (Lipinski definition) is 2. The van der Waals surface area contributed by atoms with Crippen LogP contribution >= 0.6 is 27.5 Å². The molecule has 0 fully saturated rings. The first-order valence-electron chi connectivity index (χ1n) is 6.32. The second kappa shape index (κ2) is 6.02. The molecule has 0 bridgehead atoms. The van der Waals surface area contributed by atoms with Gasteiger partial charge >= 0.3 is 0 Å². The van der Waals surface area contributed by atoms with Crippen LogP contribution in [0, 0.1) is 0 Å². The summed E-state index contributed by atoms with van der Waals surface area (Å²) >= 11 is 9.52. The van der Waals surface area contributed by atoms with Gasteiger partial charge < -0.3 is 20.5 Å². The molecule has 3 rings (SSSR count). The summed E-state index contributed by atoms with van der Waals surface area (Å²) in [5, 5.41) is 3.43. The fourth-order valence-corrected chi connectivity index (χ4v) is 2.85. The maximum Gasteiger partial charge on any atom is 0.250 e. The molecule has 0 saturated heterocycles. The van der Waals surface area contributed by atoms with E-state index in [0.29, 0.717) is 28.9 Å². The number of carbonyl (C=O) groups is 1. The molecule has 22 heavy (non-hydrogen) atoms. The third-order valence-electron chi connectivity index (χ3n) is 3.07. The number of benzene rings is 1. The molecule has 1 aromatic heterocycles. The van der Waals surface area contributed by atoms with Crippen LogP contribution in [0.25, 0.3) is 0 Å². The Bertz CT molecular complexity index is 754. The van der Waals surface area contributed by atoms with Gasteiger partial charge in [0.1, 0.15) is 5.82 Å². The van der Waals surface area contributed by atoms with Gasteiger partial charge in [-0.1, -0.05) is 11.6 Å². The molecule has 1 aliphatic rings. The summed E-state index contributed by atoms with van der Waals surface area (Å²) in [6.45, 7) is 0.699. The van der Waals surface area contributed by atoms with Crippen molar-refractivity contribution >= 4 is 39.3 Å². The molecule has 0 saturated carbocycles. The van der Waals surface area contributed by atoms with Crippen LogP contribution in [0.2, 0.25) is 5.02 Å². The Morgan fingerprint density at radius 1 is 1.41 bits per heavy atom. The van der Waals surface area contributed by atoms with Crippen LogP contribution in [0.15, 0.2) is 28.9 Å². The molecule has 114 valence electrons. The molecule has 0 spiro atoms. The SMILES string of the molecule is NC(=O)c1cnc(NCc2cc(Br)c3c(c2)OCO3)c(Cl)c1. The number of primary amides is 1. The van der Waals surface area contributed by atoms with Gasteiger partial charge in [0.25, 0.3) is 0 Å². The van der Waals surface area contributed by atoms with Gasteiger partial charge in [-0.25, -0.2) is 4.98 Å². The van der Waals surface area contributed by atoms with Crippen LogP contribution < -0.4 is 20.5 Å². The van der Waals surface area contributed by atoms with Gasteiger partial charge in [0.2, 0.25) is 12.7 Å². The van der Waals surface area contributed by atoms with Gasteiger partial charge in [-0.15, -0.1) is 0 Å². The molecule has 3 N–H and O–H groups in total. The van der Waals surface area contributed by atoms with E-state index in [2.05, 4.69) is 26.2 Å². The second-order valence-electron chi connectivity index (χ2n) is 4.58. The van der Waals surface area contributed by atoms with Crippen molar-refractivity contribution in [1.82, 2.24) is 4.98 Å². The Morgan fingerprint density at radius 2 is 2.23 bits per heavy atom. The largest absolute Gasteiger partial charge is 0.454 e. The van der Waals surface area contributed by atoms with Gasteiger partial charge in [0.05, 0.1) is 15.1 Å². The first-order valence-corrected chi connectivity index (χ1v) is 7.49. The minimum atomic E-state index is -0.569. The first kappa shape index (κ1) is 14.9. The predicted octanol–water partition coefficient (Wildman–Crippen LogP) is 2.94. The topological polar surface area (TPSA) is 86.5 Å². The zero-order valence-electron chi connectivity index (χ0n) is 11.2. The van der Waals surface area contributed by atoms with E-state index >= 15 is 0 Å². The van der Waals surface area contributed by atoms with Crippen molar-refractivity contribution in [1.29, 1.82) is 0 Å². The zero-order chi connectivity index (χ0) is 15.7. The van der Waals surface area contributed by atoms with Crippen LogP contribution in [-0.4, -0.2) is 17.7 Å². The standard InChI is InChI=1S/C14H11BrClN3O3/c15-9-1-7(2-11-12(9)22-6-21-11)4-18-14-10(16)3-8(5-19-14)13(17)20/h1-3,5H,4,6H2,(H2,17,20)(H,18,19). The van der Waals surface area contributed by atoms with Crippen molar-refractivity contribution in [2.45, 2.75) is 6.54 Å². The molecule has 1 amide bonds. The molecule has 1 aliphatic heterocycles. The number of amides is 1. The number of nitrogens with one attached hydrogen (secondary N) is 1. The van der Waals surface area contributed by atoms with Crippen molar-refractivity contribution in [2.75, 3.05) is 12.1 Å². The second-order valence-corrected chi connectivity index (χ2v) is 5.85. The van der Waals surface area contributed by atoms with E-state index in [1.165, 1.54) is 12.3 Å². The molecule has 2 heterocycles. The number of nitrogens with zero attached hydrogens (tertiary/aromatic N) is 1. The molecule has 1 aromatic carbocycles. The van der Waals surface area contributed by atoms with Gasteiger partial charge in [0, 0.05) is 12.7 Å². The summed E-state index contributed by atoms with van der Waals surface area (Å²) in [6.07, 6.45) is 1.38. The highest BCUT2D eigenvalue weighted by Crippen LogP contribution is 2.40. The highest BCUT2D eigenvalue weighted by atomic mass is 79.9. The van der Waals surface area contributed by atoms with Crippen molar-refractivity contribution in [3.8, 4) is 11.5 Å². The van der Waals surface area contributed by atoms with Gasteiger partial charge in [-0.05, 0) is 39.7 Å². The molecule has 2 aromatic rings. The summed E-state index contributed by atoms with van der Waals surface area (Å²) in [7, 11) is 0. The number of carbonyl (C=O) groups excluding carboxylic acids is 1. The predicted molar refractivity (Wildman–Crippen MR) is 85.4 cm³/mol. The van der Waals surface area contributed by atoms with E-state index in [4.69, 9.17) is 26.8 Å². The van der Waals surface area contributed by atoms with Crippen molar-refractivity contribution in [3.63, 3.8) is 0 Å². The first-order chi connectivity index (χ1) is 10.5. The lowest BCUT2D eigenvalue weighted by molar-refractivity contribution is 0.1000. The van der Waals surface area contributed by atoms with Gasteiger partial charge in [0.15, 0.2) is 11.5 Å². The Kier molecular flexibility index (Phi) is 4.08. The van der Waals surface area contributed by atoms with Crippen LogP contribution in [-0.2, 0) is 6.54 Å². The quantitative estimate of drug-likeness (QED) is 0.846. The third-order valence-corrected chi connectivity index (χ3v) is 3.95. The Balaban J connectivity index is 1.76. The highest BCUT2D eigenvalue weighted by Gasteiger charge is 2.18. The summed E-state index contributed by atoms with van der Waals surface area (Å²) in [5.74, 6) is 1.29. The summed E-state index contributed by atoms with van der Waals surface area (Å²) < 4.78 is 11.5. The number of aromatic nitrogens is 1. The minimum absolute atomic E-state index is 0.215. The van der Waals surface area contributed by atoms with Crippen LogP contribution in [0.5, 0.6) is 11.5 Å². The maximum absolute atomic E-state index is 11.1. The van der Waals surface area contributed by atoms with E-state index in [0.717, 1.165) is 10.0 Å². The smallest absolute Gasteiger partial charge is 0.250 e. The van der Waals surface area contributed by atoms with E-state index in [1.54, 1.807) is 0 Å². The summed E-state index contributed by atoms with van der Waals surface area (Å²) in [5.41, 5.74) is 6.41. The number of halogens is 2. The van der Waals surface area contributed by atoms with Crippen LogP contribution in [0.1, 0.15) is 15.9 Å². The normalized spacial score (nSPS) is 12.3. The van der Waals surface area contributed by atoms with Crippen molar-refractivity contribution in [2.24, 2.45) is 5.73 Å². The number of pyridine rings is 1. The van der Waals surface area contributed by atoms with Gasteiger partial charge in [-0.3, -0.25) is 4.79 Å². The molecule has 0 radical (unpaired) electrons. The third kappa shape index (κ3) is 2.95. The van der Waals surface area contributed by atoms with Gasteiger partial charge in [-0.2, -0.15) is 0 Å². The number of anilines is 1. The lowest BCUT2D eigenvalue weighted by Crippen LogP contribution is -2.12. The number of ether oxygens (including phenoxy) is 2. The average Bonchev–Trinajstić information content (AvgIpc) is 2.94. The molecule has 0 atom stereocenters.